The van der Waals surface area contributed by atoms with Crippen molar-refractivity contribution >= 4 is 33.3 Å². The van der Waals surface area contributed by atoms with Gasteiger partial charge in [0.25, 0.3) is 0 Å². The lowest BCUT2D eigenvalue weighted by molar-refractivity contribution is 0.801. The van der Waals surface area contributed by atoms with Crippen LogP contribution in [0.4, 0.5) is 0 Å². The molecule has 1 spiro atoms. The zero-order valence-electron chi connectivity index (χ0n) is 24.9. The topological polar surface area (TPSA) is 0 Å². The fourth-order valence-electron chi connectivity index (χ4n) is 8.85. The van der Waals surface area contributed by atoms with Gasteiger partial charge in [0, 0.05) is 15.2 Å². The Balaban J connectivity index is 1.24. The van der Waals surface area contributed by atoms with Crippen molar-refractivity contribution in [2.45, 2.75) is 15.2 Å². The van der Waals surface area contributed by atoms with Crippen LogP contribution in [0.1, 0.15) is 22.3 Å². The quantitative estimate of drug-likeness (QED) is 0.181. The van der Waals surface area contributed by atoms with Crippen LogP contribution < -0.4 is 0 Å². The van der Waals surface area contributed by atoms with Crippen molar-refractivity contribution in [1.82, 2.24) is 0 Å². The van der Waals surface area contributed by atoms with E-state index in [0.717, 1.165) is 0 Å². The highest BCUT2D eigenvalue weighted by atomic mass is 32.2. The van der Waals surface area contributed by atoms with Crippen molar-refractivity contribution in [3.63, 3.8) is 0 Å². The Morgan fingerprint density at radius 1 is 0.370 bits per heavy atom. The average Bonchev–Trinajstić information content (AvgIpc) is 3.59. The molecule has 0 unspecified atom stereocenters. The summed E-state index contributed by atoms with van der Waals surface area (Å²) >= 11 is 1.89. The van der Waals surface area contributed by atoms with Crippen molar-refractivity contribution < 1.29 is 0 Å². The lowest BCUT2D eigenvalue weighted by atomic mass is 9.69. The van der Waals surface area contributed by atoms with E-state index in [2.05, 4.69) is 158 Å². The first-order valence-electron chi connectivity index (χ1n) is 16.0. The molecule has 212 valence electrons. The van der Waals surface area contributed by atoms with Gasteiger partial charge in [-0.2, -0.15) is 0 Å². The molecular weight excluding hydrogens is 573 g/mol. The second kappa shape index (κ2) is 8.88. The highest BCUT2D eigenvalue weighted by molar-refractivity contribution is 7.99. The molecule has 11 rings (SSSR count). The van der Waals surface area contributed by atoms with Crippen LogP contribution in [0.25, 0.3) is 66.1 Å². The van der Waals surface area contributed by atoms with Crippen molar-refractivity contribution in [3.05, 3.63) is 180 Å². The van der Waals surface area contributed by atoms with Crippen molar-refractivity contribution in [3.8, 4) is 44.5 Å². The summed E-state index contributed by atoms with van der Waals surface area (Å²) in [6, 6.07) is 59.5. The molecule has 0 N–H and O–H groups in total. The number of hydrogen-bond donors (Lipinski definition) is 0. The van der Waals surface area contributed by atoms with Gasteiger partial charge in [-0.25, -0.2) is 0 Å². The van der Waals surface area contributed by atoms with Crippen LogP contribution in [0.15, 0.2) is 168 Å². The van der Waals surface area contributed by atoms with Gasteiger partial charge in [-0.1, -0.05) is 139 Å². The monoisotopic (exact) mass is 598 g/mol. The fourth-order valence-corrected chi connectivity index (χ4v) is 10.0. The molecule has 8 aromatic rings. The molecule has 46 heavy (non-hydrogen) atoms. The van der Waals surface area contributed by atoms with Crippen LogP contribution in [0, 0.1) is 0 Å². The number of fused-ring (bicyclic) bond motifs is 14. The molecule has 1 heterocycles. The van der Waals surface area contributed by atoms with Gasteiger partial charge >= 0.3 is 0 Å². The standard InChI is InChI=1S/C45H26S/c1-2-12-31-27(10-1)20-23-36-34-22-21-28(30-24-29-11-9-19-42-43(29)37(25-30)35-15-5-8-18-41(35)46-42)26-40(34)45(44(31)36)38-16-6-3-13-32(38)33-14-4-7-17-39(33)45/h1-26H. The van der Waals surface area contributed by atoms with Crippen molar-refractivity contribution in [1.29, 1.82) is 0 Å². The van der Waals surface area contributed by atoms with Gasteiger partial charge in [0.05, 0.1) is 5.41 Å². The van der Waals surface area contributed by atoms with Crippen molar-refractivity contribution in [2.75, 3.05) is 0 Å². The highest BCUT2D eigenvalue weighted by Crippen LogP contribution is 2.64. The Hall–Kier alpha value is -5.37. The van der Waals surface area contributed by atoms with Gasteiger partial charge in [-0.05, 0) is 113 Å². The van der Waals surface area contributed by atoms with E-state index >= 15 is 0 Å². The van der Waals surface area contributed by atoms with E-state index in [1.807, 2.05) is 11.8 Å². The molecule has 0 fully saturated rings. The molecule has 0 saturated heterocycles. The number of rotatable bonds is 1. The summed E-state index contributed by atoms with van der Waals surface area (Å²) in [5, 5.41) is 5.29. The minimum Gasteiger partial charge on any atom is -0.0888 e. The van der Waals surface area contributed by atoms with Crippen LogP contribution in [-0.4, -0.2) is 0 Å². The molecule has 8 aromatic carbocycles. The summed E-state index contributed by atoms with van der Waals surface area (Å²) in [5.41, 5.74) is 15.7. The first kappa shape index (κ1) is 24.9. The molecule has 1 heteroatoms. The molecule has 0 atom stereocenters. The summed E-state index contributed by atoms with van der Waals surface area (Å²) < 4.78 is 0. The van der Waals surface area contributed by atoms with Gasteiger partial charge in [-0.3, -0.25) is 0 Å². The molecule has 0 aromatic heterocycles. The molecule has 0 nitrogen and oxygen atoms in total. The van der Waals surface area contributed by atoms with Crippen LogP contribution >= 0.6 is 11.8 Å². The van der Waals surface area contributed by atoms with Gasteiger partial charge in [-0.15, -0.1) is 0 Å². The van der Waals surface area contributed by atoms with E-state index in [0.29, 0.717) is 0 Å². The second-order valence-electron chi connectivity index (χ2n) is 12.8. The Kier molecular flexibility index (Phi) is 4.80. The smallest absolute Gasteiger partial charge is 0.0731 e. The maximum Gasteiger partial charge on any atom is 0.0731 e. The van der Waals surface area contributed by atoms with E-state index in [1.54, 1.807) is 0 Å². The predicted molar refractivity (Wildman–Crippen MR) is 193 cm³/mol. The maximum atomic E-state index is 2.52. The maximum absolute atomic E-state index is 2.52. The zero-order chi connectivity index (χ0) is 30.0. The van der Waals surface area contributed by atoms with Gasteiger partial charge in [0.1, 0.15) is 0 Å². The molecule has 0 saturated carbocycles. The van der Waals surface area contributed by atoms with Gasteiger partial charge in [0.2, 0.25) is 0 Å². The van der Waals surface area contributed by atoms with E-state index in [9.17, 15) is 0 Å². The summed E-state index contributed by atoms with van der Waals surface area (Å²) in [5.74, 6) is 0. The normalized spacial score (nSPS) is 14.2. The first-order chi connectivity index (χ1) is 22.8. The van der Waals surface area contributed by atoms with E-state index in [4.69, 9.17) is 0 Å². The molecule has 1 aliphatic heterocycles. The summed E-state index contributed by atoms with van der Waals surface area (Å²) in [6.45, 7) is 0. The minimum atomic E-state index is -0.393. The fraction of sp³-hybridized carbons (Fsp3) is 0.0222. The zero-order valence-corrected chi connectivity index (χ0v) is 25.7. The third-order valence-corrected chi connectivity index (χ3v) is 11.8. The molecular formula is C45H26S. The SMILES string of the molecule is c1ccc2c(c1)Sc1cccc3cc(-c4ccc5c(c4)C4(c6ccccc6-c6ccccc64)c4c-5ccc5ccccc45)cc-2c13. The Morgan fingerprint density at radius 3 is 1.87 bits per heavy atom. The third-order valence-electron chi connectivity index (χ3n) is 10.6. The van der Waals surface area contributed by atoms with E-state index in [-0.39, 0.29) is 0 Å². The van der Waals surface area contributed by atoms with Gasteiger partial charge < -0.3 is 0 Å². The molecule has 2 aliphatic carbocycles. The molecule has 0 amide bonds. The summed E-state index contributed by atoms with van der Waals surface area (Å²) in [6.07, 6.45) is 0. The Labute approximate surface area is 272 Å². The lowest BCUT2D eigenvalue weighted by Gasteiger charge is -2.31. The van der Waals surface area contributed by atoms with Crippen LogP contribution in [0.3, 0.4) is 0 Å². The average molecular weight is 599 g/mol. The number of hydrogen-bond acceptors (Lipinski definition) is 1. The van der Waals surface area contributed by atoms with Crippen LogP contribution in [-0.2, 0) is 5.41 Å². The predicted octanol–water partition coefficient (Wildman–Crippen LogP) is 12.1. The summed E-state index contributed by atoms with van der Waals surface area (Å²) in [4.78, 5) is 2.67. The molecule has 0 bridgehead atoms. The third kappa shape index (κ3) is 3.02. The number of benzene rings is 8. The van der Waals surface area contributed by atoms with E-state index in [1.165, 1.54) is 98.1 Å². The van der Waals surface area contributed by atoms with Crippen LogP contribution in [0.2, 0.25) is 0 Å². The Bertz CT molecular complexity index is 2580. The molecule has 0 radical (unpaired) electrons. The first-order valence-corrected chi connectivity index (χ1v) is 16.8. The van der Waals surface area contributed by atoms with E-state index < -0.39 is 5.41 Å². The molecule has 3 aliphatic rings. The highest BCUT2D eigenvalue weighted by Gasteiger charge is 2.52. The second-order valence-corrected chi connectivity index (χ2v) is 13.9. The van der Waals surface area contributed by atoms with Crippen LogP contribution in [0.5, 0.6) is 0 Å². The Morgan fingerprint density at radius 2 is 1.02 bits per heavy atom. The van der Waals surface area contributed by atoms with Crippen molar-refractivity contribution in [2.24, 2.45) is 0 Å². The summed E-state index contributed by atoms with van der Waals surface area (Å²) in [7, 11) is 0. The largest absolute Gasteiger partial charge is 0.0888 e. The lowest BCUT2D eigenvalue weighted by Crippen LogP contribution is -2.26. The minimum absolute atomic E-state index is 0.393. The van der Waals surface area contributed by atoms with Gasteiger partial charge in [0.15, 0.2) is 0 Å².